The lowest BCUT2D eigenvalue weighted by molar-refractivity contribution is 0.768. The van der Waals surface area contributed by atoms with Crippen LogP contribution >= 0.6 is 0 Å². The van der Waals surface area contributed by atoms with Crippen molar-refractivity contribution in [3.63, 3.8) is 0 Å². The zero-order valence-corrected chi connectivity index (χ0v) is 4.63. The van der Waals surface area contributed by atoms with Crippen LogP contribution in [-0.2, 0) is 7.05 Å². The Morgan fingerprint density at radius 3 is 2.88 bits per heavy atom. The van der Waals surface area contributed by atoms with Gasteiger partial charge in [-0.25, -0.2) is 0 Å². The Kier molecular flexibility index (Phi) is 1.17. The van der Waals surface area contributed by atoms with Gasteiger partial charge in [-0.15, -0.1) is 0 Å². The molecule has 0 aliphatic rings. The van der Waals surface area contributed by atoms with Crippen LogP contribution < -0.4 is 11.3 Å². The van der Waals surface area contributed by atoms with Crippen molar-refractivity contribution < 1.29 is 0 Å². The van der Waals surface area contributed by atoms with Gasteiger partial charge in [0.25, 0.3) is 0 Å². The summed E-state index contributed by atoms with van der Waals surface area (Å²) in [6.07, 6.45) is 3.44. The molecular weight excluding hydrogens is 104 g/mol. The molecule has 0 aromatic carbocycles. The van der Waals surface area contributed by atoms with Crippen LogP contribution in [0.1, 0.15) is 0 Å². The van der Waals surface area contributed by atoms with E-state index in [1.165, 1.54) is 0 Å². The Hall–Kier alpha value is -1.03. The minimum absolute atomic E-state index is 0.826. The number of rotatable bonds is 1. The third kappa shape index (κ3) is 0.788. The Balaban J connectivity index is 2.84. The van der Waals surface area contributed by atoms with Gasteiger partial charge in [0.05, 0.1) is 11.9 Å². The summed E-state index contributed by atoms with van der Waals surface area (Å²) >= 11 is 0. The molecule has 8 heavy (non-hydrogen) atoms. The summed E-state index contributed by atoms with van der Waals surface area (Å²) in [5.41, 5.74) is 3.29. The average Bonchev–Trinajstić information content (AvgIpc) is 2.14. The molecule has 1 heterocycles. The Labute approximate surface area is 47.3 Å². The Morgan fingerprint density at radius 1 is 1.88 bits per heavy atom. The molecule has 0 spiro atoms. The first-order valence-electron chi connectivity index (χ1n) is 2.28. The number of nitrogen functional groups attached to an aromatic ring is 1. The van der Waals surface area contributed by atoms with Crippen LogP contribution in [0.25, 0.3) is 0 Å². The summed E-state index contributed by atoms with van der Waals surface area (Å²) in [7, 11) is 1.83. The largest absolute Gasteiger partial charge is 0.321 e. The van der Waals surface area contributed by atoms with Gasteiger partial charge in [0.1, 0.15) is 0 Å². The minimum atomic E-state index is 0.826. The van der Waals surface area contributed by atoms with Crippen molar-refractivity contribution in [2.24, 2.45) is 12.9 Å². The van der Waals surface area contributed by atoms with Gasteiger partial charge >= 0.3 is 0 Å². The van der Waals surface area contributed by atoms with E-state index < -0.39 is 0 Å². The third-order valence-electron chi connectivity index (χ3n) is 0.872. The molecule has 0 aliphatic heterocycles. The second-order valence-corrected chi connectivity index (χ2v) is 1.55. The molecule has 1 aromatic rings. The van der Waals surface area contributed by atoms with Gasteiger partial charge in [-0.1, -0.05) is 0 Å². The van der Waals surface area contributed by atoms with E-state index in [-0.39, 0.29) is 0 Å². The maximum atomic E-state index is 5.06. The number of aromatic nitrogens is 2. The first kappa shape index (κ1) is 5.11. The van der Waals surface area contributed by atoms with Crippen LogP contribution in [0.15, 0.2) is 12.4 Å². The molecule has 0 bridgehead atoms. The number of hydrogen-bond acceptors (Lipinski definition) is 3. The molecule has 1 aromatic heterocycles. The fourth-order valence-electron chi connectivity index (χ4n) is 0.496. The lowest BCUT2D eigenvalue weighted by Crippen LogP contribution is -2.05. The molecule has 0 amide bonds. The van der Waals surface area contributed by atoms with Gasteiger partial charge in [-0.05, 0) is 0 Å². The fraction of sp³-hybridized carbons (Fsp3) is 0.250. The monoisotopic (exact) mass is 112 g/mol. The molecule has 0 saturated heterocycles. The van der Waals surface area contributed by atoms with Crippen molar-refractivity contribution in [2.75, 3.05) is 5.43 Å². The molecule has 0 radical (unpaired) electrons. The molecule has 0 fully saturated rings. The van der Waals surface area contributed by atoms with Gasteiger partial charge in [0.2, 0.25) is 0 Å². The van der Waals surface area contributed by atoms with Gasteiger partial charge in [-0.3, -0.25) is 10.5 Å². The maximum absolute atomic E-state index is 5.06. The summed E-state index contributed by atoms with van der Waals surface area (Å²) in [6.45, 7) is 0. The van der Waals surface area contributed by atoms with Crippen molar-refractivity contribution in [3.05, 3.63) is 12.4 Å². The summed E-state index contributed by atoms with van der Waals surface area (Å²) in [4.78, 5) is 0. The molecule has 0 atom stereocenters. The summed E-state index contributed by atoms with van der Waals surface area (Å²) < 4.78 is 1.68. The van der Waals surface area contributed by atoms with Crippen molar-refractivity contribution >= 4 is 5.69 Å². The van der Waals surface area contributed by atoms with Crippen LogP contribution in [-0.4, -0.2) is 9.78 Å². The lowest BCUT2D eigenvalue weighted by atomic mass is 10.6. The molecule has 1 rings (SSSR count). The Bertz CT molecular complexity index is 168. The predicted octanol–water partition coefficient (Wildman–Crippen LogP) is -0.294. The van der Waals surface area contributed by atoms with E-state index >= 15 is 0 Å². The normalized spacial score (nSPS) is 9.25. The number of nitrogens with two attached hydrogens (primary N) is 1. The van der Waals surface area contributed by atoms with E-state index in [0.29, 0.717) is 0 Å². The first-order valence-corrected chi connectivity index (χ1v) is 2.28. The standard InChI is InChI=1S/C4H8N4/c1-8-3-4(7-5)2-6-8/h2-3,7H,5H2,1H3. The highest BCUT2D eigenvalue weighted by atomic mass is 15.3. The predicted molar refractivity (Wildman–Crippen MR) is 31.0 cm³/mol. The van der Waals surface area contributed by atoms with Crippen LogP contribution in [0.4, 0.5) is 5.69 Å². The Morgan fingerprint density at radius 2 is 2.62 bits per heavy atom. The maximum Gasteiger partial charge on any atom is 0.0868 e. The molecule has 44 valence electrons. The molecule has 0 unspecified atom stereocenters. The van der Waals surface area contributed by atoms with E-state index in [1.807, 2.05) is 7.05 Å². The zero-order chi connectivity index (χ0) is 5.98. The van der Waals surface area contributed by atoms with E-state index in [0.717, 1.165) is 5.69 Å². The van der Waals surface area contributed by atoms with Crippen LogP contribution in [0, 0.1) is 0 Å². The molecule has 0 aliphatic carbocycles. The smallest absolute Gasteiger partial charge is 0.0868 e. The topological polar surface area (TPSA) is 55.9 Å². The fourth-order valence-corrected chi connectivity index (χ4v) is 0.496. The molecular formula is C4H8N4. The quantitative estimate of drug-likeness (QED) is 0.387. The molecule has 0 saturated carbocycles. The highest BCUT2D eigenvalue weighted by molar-refractivity contribution is 5.35. The number of nitrogens with one attached hydrogen (secondary N) is 1. The van der Waals surface area contributed by atoms with Crippen molar-refractivity contribution in [2.45, 2.75) is 0 Å². The van der Waals surface area contributed by atoms with Gasteiger partial charge in [0, 0.05) is 13.2 Å². The highest BCUT2D eigenvalue weighted by Crippen LogP contribution is 1.98. The van der Waals surface area contributed by atoms with Crippen LogP contribution in [0.3, 0.4) is 0 Å². The first-order chi connectivity index (χ1) is 3.83. The van der Waals surface area contributed by atoms with Gasteiger partial charge in [-0.2, -0.15) is 5.10 Å². The van der Waals surface area contributed by atoms with Gasteiger partial charge < -0.3 is 5.43 Å². The zero-order valence-electron chi connectivity index (χ0n) is 4.63. The second-order valence-electron chi connectivity index (χ2n) is 1.55. The number of nitrogens with zero attached hydrogens (tertiary/aromatic N) is 2. The van der Waals surface area contributed by atoms with E-state index in [4.69, 9.17) is 5.84 Å². The van der Waals surface area contributed by atoms with Gasteiger partial charge in [0.15, 0.2) is 0 Å². The summed E-state index contributed by atoms with van der Waals surface area (Å²) in [6, 6.07) is 0. The molecule has 4 heteroatoms. The number of anilines is 1. The summed E-state index contributed by atoms with van der Waals surface area (Å²) in [5.74, 6) is 5.06. The van der Waals surface area contributed by atoms with Crippen molar-refractivity contribution in [1.82, 2.24) is 9.78 Å². The summed E-state index contributed by atoms with van der Waals surface area (Å²) in [5, 5.41) is 3.86. The van der Waals surface area contributed by atoms with Crippen LogP contribution in [0.2, 0.25) is 0 Å². The van der Waals surface area contributed by atoms with E-state index in [2.05, 4.69) is 10.5 Å². The SMILES string of the molecule is Cn1cc(NN)cn1. The van der Waals surface area contributed by atoms with Crippen molar-refractivity contribution in [1.29, 1.82) is 0 Å². The van der Waals surface area contributed by atoms with Crippen LogP contribution in [0.5, 0.6) is 0 Å². The van der Waals surface area contributed by atoms with E-state index in [9.17, 15) is 0 Å². The molecule has 4 nitrogen and oxygen atoms in total. The highest BCUT2D eigenvalue weighted by Gasteiger charge is 1.87. The third-order valence-corrected chi connectivity index (χ3v) is 0.872. The minimum Gasteiger partial charge on any atom is -0.321 e. The lowest BCUT2D eigenvalue weighted by Gasteiger charge is -1.86. The van der Waals surface area contributed by atoms with E-state index in [1.54, 1.807) is 17.1 Å². The number of aryl methyl sites for hydroxylation is 1. The second kappa shape index (κ2) is 1.83. The average molecular weight is 112 g/mol. The van der Waals surface area contributed by atoms with Crippen molar-refractivity contribution in [3.8, 4) is 0 Å². The molecule has 3 N–H and O–H groups in total. The number of hydrazine groups is 1. The number of hydrogen-bond donors (Lipinski definition) is 2.